The van der Waals surface area contributed by atoms with E-state index in [2.05, 4.69) is 15.2 Å². The summed E-state index contributed by atoms with van der Waals surface area (Å²) < 4.78 is 27.7. The zero-order valence-corrected chi connectivity index (χ0v) is 23.2. The second-order valence-corrected chi connectivity index (χ2v) is 12.5. The van der Waals surface area contributed by atoms with E-state index in [1.807, 2.05) is 24.3 Å². The number of anilines is 4. The lowest BCUT2D eigenvalue weighted by Crippen LogP contribution is -2.49. The van der Waals surface area contributed by atoms with Crippen molar-refractivity contribution in [1.82, 2.24) is 19.2 Å². The maximum Gasteiger partial charge on any atom is 0.243 e. The molecule has 0 bridgehead atoms. The lowest BCUT2D eigenvalue weighted by atomic mass is 10.0. The van der Waals surface area contributed by atoms with Crippen molar-refractivity contribution in [2.75, 3.05) is 36.4 Å². The molecule has 2 fully saturated rings. The molecular formula is C29H32N6O4S. The Morgan fingerprint density at radius 2 is 1.68 bits per heavy atom. The van der Waals surface area contributed by atoms with Crippen LogP contribution in [0, 0.1) is 0 Å². The van der Waals surface area contributed by atoms with E-state index in [4.69, 9.17) is 4.98 Å². The Kier molecular flexibility index (Phi) is 7.01. The van der Waals surface area contributed by atoms with Crippen molar-refractivity contribution in [2.24, 2.45) is 0 Å². The summed E-state index contributed by atoms with van der Waals surface area (Å²) in [6.07, 6.45) is 6.32. The molecule has 0 atom stereocenters. The summed E-state index contributed by atoms with van der Waals surface area (Å²) in [6.45, 7) is 2.81. The van der Waals surface area contributed by atoms with Gasteiger partial charge in [-0.05, 0) is 49.2 Å². The van der Waals surface area contributed by atoms with Crippen LogP contribution in [0.1, 0.15) is 48.5 Å². The largest absolute Gasteiger partial charge is 0.340 e. The van der Waals surface area contributed by atoms with Crippen LogP contribution in [0.2, 0.25) is 0 Å². The van der Waals surface area contributed by atoms with Crippen LogP contribution >= 0.6 is 0 Å². The summed E-state index contributed by atoms with van der Waals surface area (Å²) in [5.41, 5.74) is 3.05. The fourth-order valence-electron chi connectivity index (χ4n) is 5.86. The molecule has 0 unspecified atom stereocenters. The molecule has 3 aromatic rings. The number of aromatic nitrogens is 2. The van der Waals surface area contributed by atoms with Gasteiger partial charge >= 0.3 is 0 Å². The van der Waals surface area contributed by atoms with Crippen molar-refractivity contribution in [3.8, 4) is 0 Å². The minimum absolute atomic E-state index is 0.0466. The lowest BCUT2D eigenvalue weighted by Gasteiger charge is -2.33. The van der Waals surface area contributed by atoms with Crippen LogP contribution in [0.25, 0.3) is 0 Å². The minimum Gasteiger partial charge on any atom is -0.340 e. The van der Waals surface area contributed by atoms with Gasteiger partial charge in [0.25, 0.3) is 0 Å². The predicted octanol–water partition coefficient (Wildman–Crippen LogP) is 3.89. The van der Waals surface area contributed by atoms with E-state index in [1.165, 1.54) is 11.2 Å². The third-order valence-electron chi connectivity index (χ3n) is 8.01. The number of ketones is 1. The van der Waals surface area contributed by atoms with E-state index in [0.29, 0.717) is 30.3 Å². The standard InChI is InChI=1S/C29H32N6O4S/c1-20(36)33-14-16-34(17-15-33)40(38,39)24-12-10-22(11-13-24)31-29-30-19-21-18-27(37)25-8-4-5-9-26(25)35(28(21)32-29)23-6-2-3-7-23/h4-5,8-13,19,23H,2-3,6-7,14-18H2,1H3,(H,30,31,32). The first-order chi connectivity index (χ1) is 19.3. The number of para-hydroxylation sites is 1. The molecular weight excluding hydrogens is 528 g/mol. The number of sulfonamides is 1. The summed E-state index contributed by atoms with van der Waals surface area (Å²) in [5.74, 6) is 1.13. The predicted molar refractivity (Wildman–Crippen MR) is 152 cm³/mol. The van der Waals surface area contributed by atoms with Crippen molar-refractivity contribution in [1.29, 1.82) is 0 Å². The van der Waals surface area contributed by atoms with Crippen molar-refractivity contribution in [3.63, 3.8) is 0 Å². The second-order valence-electron chi connectivity index (χ2n) is 10.5. The second kappa shape index (κ2) is 10.6. The summed E-state index contributed by atoms with van der Waals surface area (Å²) in [5, 5.41) is 3.21. The van der Waals surface area contributed by atoms with E-state index >= 15 is 0 Å². The topological polar surface area (TPSA) is 116 Å². The van der Waals surface area contributed by atoms with Gasteiger partial charge in [0.2, 0.25) is 21.9 Å². The van der Waals surface area contributed by atoms with Gasteiger partial charge in [-0.15, -0.1) is 0 Å². The highest BCUT2D eigenvalue weighted by Crippen LogP contribution is 2.40. The number of carbonyl (C=O) groups excluding carboxylic acids is 2. The monoisotopic (exact) mass is 560 g/mol. The molecule has 1 aliphatic carbocycles. The Morgan fingerprint density at radius 1 is 0.975 bits per heavy atom. The SMILES string of the molecule is CC(=O)N1CCN(S(=O)(=O)c2ccc(Nc3ncc4c(n3)N(C3CCCC3)c3ccccc3C(=O)C4)cc2)CC1. The fraction of sp³-hybridized carbons (Fsp3) is 0.379. The maximum absolute atomic E-state index is 13.2. The van der Waals surface area contributed by atoms with Gasteiger partial charge in [0, 0.05) is 68.6 Å². The van der Waals surface area contributed by atoms with Crippen LogP contribution in [0.15, 0.2) is 59.6 Å². The number of hydrogen-bond acceptors (Lipinski definition) is 8. The number of nitrogens with one attached hydrogen (secondary N) is 1. The Bertz CT molecular complexity index is 1540. The first kappa shape index (κ1) is 26.4. The number of hydrogen-bond donors (Lipinski definition) is 1. The summed E-state index contributed by atoms with van der Waals surface area (Å²) >= 11 is 0. The number of benzene rings is 2. The molecule has 0 radical (unpaired) electrons. The minimum atomic E-state index is -3.67. The molecule has 1 amide bonds. The Balaban J connectivity index is 1.25. The number of nitrogens with zero attached hydrogens (tertiary/aromatic N) is 5. The van der Waals surface area contributed by atoms with Gasteiger partial charge < -0.3 is 15.1 Å². The molecule has 3 aliphatic rings. The summed E-state index contributed by atoms with van der Waals surface area (Å²) in [7, 11) is -3.67. The highest BCUT2D eigenvalue weighted by molar-refractivity contribution is 7.89. The van der Waals surface area contributed by atoms with Crippen LogP contribution in [-0.4, -0.2) is 71.5 Å². The molecule has 2 aliphatic heterocycles. The van der Waals surface area contributed by atoms with Gasteiger partial charge in [-0.25, -0.2) is 13.4 Å². The normalized spacial score (nSPS) is 18.3. The molecule has 1 saturated carbocycles. The molecule has 6 rings (SSSR count). The fourth-order valence-corrected chi connectivity index (χ4v) is 7.28. The Hall–Kier alpha value is -3.83. The van der Waals surface area contributed by atoms with Crippen LogP contribution in [-0.2, 0) is 21.2 Å². The first-order valence-corrected chi connectivity index (χ1v) is 15.2. The zero-order valence-electron chi connectivity index (χ0n) is 22.4. The van der Waals surface area contributed by atoms with Crippen LogP contribution in [0.5, 0.6) is 0 Å². The van der Waals surface area contributed by atoms with Crippen LogP contribution in [0.3, 0.4) is 0 Å². The Labute approximate surface area is 234 Å². The lowest BCUT2D eigenvalue weighted by molar-refractivity contribution is -0.129. The van der Waals surface area contributed by atoms with Crippen molar-refractivity contribution >= 4 is 44.9 Å². The number of piperazine rings is 1. The third-order valence-corrected chi connectivity index (χ3v) is 9.92. The van der Waals surface area contributed by atoms with E-state index < -0.39 is 10.0 Å². The highest BCUT2D eigenvalue weighted by atomic mass is 32.2. The molecule has 40 heavy (non-hydrogen) atoms. The highest BCUT2D eigenvalue weighted by Gasteiger charge is 2.33. The van der Waals surface area contributed by atoms with E-state index in [-0.39, 0.29) is 42.1 Å². The molecule has 10 nitrogen and oxygen atoms in total. The number of rotatable bonds is 5. The molecule has 0 spiro atoms. The molecule has 1 aromatic heterocycles. The van der Waals surface area contributed by atoms with Gasteiger partial charge in [-0.1, -0.05) is 25.0 Å². The van der Waals surface area contributed by atoms with Gasteiger partial charge in [-0.2, -0.15) is 9.29 Å². The van der Waals surface area contributed by atoms with Crippen LogP contribution < -0.4 is 10.2 Å². The first-order valence-electron chi connectivity index (χ1n) is 13.7. The molecule has 1 saturated heterocycles. The zero-order chi connectivity index (χ0) is 27.9. The van der Waals surface area contributed by atoms with Gasteiger partial charge in [0.1, 0.15) is 5.82 Å². The van der Waals surface area contributed by atoms with Gasteiger partial charge in [0.15, 0.2) is 5.78 Å². The molecule has 3 heterocycles. The van der Waals surface area contributed by atoms with Gasteiger partial charge in [0.05, 0.1) is 10.6 Å². The van der Waals surface area contributed by atoms with Crippen LogP contribution in [0.4, 0.5) is 23.1 Å². The molecule has 1 N–H and O–H groups in total. The molecule has 2 aromatic carbocycles. The average molecular weight is 561 g/mol. The number of carbonyl (C=O) groups is 2. The van der Waals surface area contributed by atoms with Crippen molar-refractivity contribution in [2.45, 2.75) is 50.0 Å². The Morgan fingerprint density at radius 3 is 2.38 bits per heavy atom. The smallest absolute Gasteiger partial charge is 0.243 e. The van der Waals surface area contributed by atoms with E-state index in [9.17, 15) is 18.0 Å². The average Bonchev–Trinajstić information content (AvgIpc) is 3.46. The third kappa shape index (κ3) is 4.95. The summed E-state index contributed by atoms with van der Waals surface area (Å²) in [4.78, 5) is 38.1. The molecule has 208 valence electrons. The maximum atomic E-state index is 13.2. The van der Waals surface area contributed by atoms with Crippen molar-refractivity contribution in [3.05, 3.63) is 65.9 Å². The number of Topliss-reactive ketones (excluding diaryl/α,β-unsaturated/α-hetero) is 1. The van der Waals surface area contributed by atoms with Gasteiger partial charge in [-0.3, -0.25) is 9.59 Å². The molecule has 11 heteroatoms. The number of fused-ring (bicyclic) bond motifs is 2. The summed E-state index contributed by atoms with van der Waals surface area (Å²) in [6, 6.07) is 14.5. The van der Waals surface area contributed by atoms with E-state index in [0.717, 1.165) is 42.8 Å². The van der Waals surface area contributed by atoms with E-state index in [1.54, 1.807) is 35.4 Å². The van der Waals surface area contributed by atoms with Crippen molar-refractivity contribution < 1.29 is 18.0 Å². The quantitative estimate of drug-likeness (QED) is 0.500. The number of amides is 1.